The fourth-order valence-electron chi connectivity index (χ4n) is 1.20. The van der Waals surface area contributed by atoms with E-state index in [4.69, 9.17) is 24.7 Å². The van der Waals surface area contributed by atoms with Gasteiger partial charge in [-0.15, -0.1) is 11.6 Å². The minimum atomic E-state index is -1.59. The quantitative estimate of drug-likeness (QED) is 0.556. The van der Waals surface area contributed by atoms with Crippen LogP contribution in [-0.4, -0.2) is 35.0 Å². The predicted molar refractivity (Wildman–Crippen MR) is 38.3 cm³/mol. The van der Waals surface area contributed by atoms with Crippen LogP contribution in [0.15, 0.2) is 0 Å². The minimum absolute atomic E-state index is 0.173. The van der Waals surface area contributed by atoms with Gasteiger partial charge in [0.25, 0.3) is 0 Å². The summed E-state index contributed by atoms with van der Waals surface area (Å²) in [6, 6.07) is 0. The number of fused-ring (bicyclic) bond motifs is 1. The molecule has 11 heavy (non-hydrogen) atoms. The molecule has 6 heteroatoms. The maximum absolute atomic E-state index is 10.7. The minimum Gasteiger partial charge on any atom is -0.371 e. The van der Waals surface area contributed by atoms with Crippen LogP contribution in [0.2, 0.25) is 0 Å². The molecule has 2 aliphatic rings. The highest BCUT2D eigenvalue weighted by atomic mass is 35.5. The van der Waals surface area contributed by atoms with Gasteiger partial charge in [0, 0.05) is 0 Å². The molecule has 2 aliphatic heterocycles. The number of rotatable bonds is 1. The molecular formula is C5H7ClO4S. The lowest BCUT2D eigenvalue weighted by atomic mass is 10.2. The molecule has 2 rings (SSSR count). The van der Waals surface area contributed by atoms with Crippen LogP contribution in [0, 0.1) is 0 Å². The van der Waals surface area contributed by atoms with Crippen LogP contribution >= 0.6 is 11.6 Å². The second-order valence-corrected chi connectivity index (χ2v) is 3.53. The average Bonchev–Trinajstić information content (AvgIpc) is 2.45. The van der Waals surface area contributed by atoms with E-state index in [0.29, 0.717) is 12.5 Å². The topological polar surface area (TPSA) is 44.8 Å². The van der Waals surface area contributed by atoms with Gasteiger partial charge in [-0.3, -0.25) is 8.37 Å². The molecule has 0 spiro atoms. The molecule has 2 fully saturated rings. The molecule has 2 heterocycles. The summed E-state index contributed by atoms with van der Waals surface area (Å²) in [4.78, 5) is 0. The van der Waals surface area contributed by atoms with Crippen molar-refractivity contribution in [1.29, 1.82) is 0 Å². The third-order valence-electron chi connectivity index (χ3n) is 1.75. The molecule has 0 bridgehead atoms. The van der Waals surface area contributed by atoms with Crippen molar-refractivity contribution in [3.63, 3.8) is 0 Å². The molecular weight excluding hydrogens is 192 g/mol. The summed E-state index contributed by atoms with van der Waals surface area (Å²) >= 11 is 3.97. The summed E-state index contributed by atoms with van der Waals surface area (Å²) < 4.78 is 25.7. The second kappa shape index (κ2) is 2.99. The van der Waals surface area contributed by atoms with Crippen LogP contribution in [0.3, 0.4) is 0 Å². The van der Waals surface area contributed by atoms with E-state index in [1.807, 2.05) is 0 Å². The van der Waals surface area contributed by atoms with Crippen LogP contribution in [-0.2, 0) is 24.5 Å². The molecule has 0 aromatic carbocycles. The molecule has 2 saturated heterocycles. The lowest BCUT2D eigenvalue weighted by Crippen LogP contribution is -2.28. The number of halogens is 1. The van der Waals surface area contributed by atoms with E-state index in [2.05, 4.69) is 0 Å². The van der Waals surface area contributed by atoms with Gasteiger partial charge in [0.2, 0.25) is 0 Å². The average molecular weight is 199 g/mol. The Labute approximate surface area is 71.6 Å². The van der Waals surface area contributed by atoms with Crippen molar-refractivity contribution in [1.82, 2.24) is 0 Å². The van der Waals surface area contributed by atoms with E-state index in [0.717, 1.165) is 0 Å². The third kappa shape index (κ3) is 1.31. The number of alkyl halides is 1. The Morgan fingerprint density at radius 1 is 1.55 bits per heavy atom. The van der Waals surface area contributed by atoms with Gasteiger partial charge in [-0.05, 0) is 0 Å². The number of hydrogen-bond donors (Lipinski definition) is 0. The largest absolute Gasteiger partial charge is 0.371 e. The summed E-state index contributed by atoms with van der Waals surface area (Å²) in [6.45, 7) is 0.424. The summed E-state index contributed by atoms with van der Waals surface area (Å²) in [6.07, 6.45) is -0.610. The highest BCUT2D eigenvalue weighted by Gasteiger charge is 2.46. The van der Waals surface area contributed by atoms with Gasteiger partial charge in [0.15, 0.2) is 0 Å². The van der Waals surface area contributed by atoms with Crippen molar-refractivity contribution < 1.29 is 17.3 Å². The Morgan fingerprint density at radius 2 is 2.36 bits per heavy atom. The zero-order valence-corrected chi connectivity index (χ0v) is 7.14. The van der Waals surface area contributed by atoms with Crippen molar-refractivity contribution >= 4 is 23.0 Å². The smallest absolute Gasteiger partial charge is 0.305 e. The maximum atomic E-state index is 10.7. The molecule has 0 aromatic heterocycles. The van der Waals surface area contributed by atoms with Gasteiger partial charge >= 0.3 is 11.4 Å². The van der Waals surface area contributed by atoms with Crippen LogP contribution in [0.1, 0.15) is 0 Å². The SMILES string of the molecule is O=S1OC2COC(CCl)C2O1. The molecule has 0 N–H and O–H groups in total. The lowest BCUT2D eigenvalue weighted by Gasteiger charge is -2.09. The van der Waals surface area contributed by atoms with E-state index >= 15 is 0 Å². The molecule has 0 amide bonds. The van der Waals surface area contributed by atoms with E-state index < -0.39 is 11.4 Å². The Kier molecular flexibility index (Phi) is 2.16. The molecule has 64 valence electrons. The van der Waals surface area contributed by atoms with E-state index in [-0.39, 0.29) is 18.3 Å². The summed E-state index contributed by atoms with van der Waals surface area (Å²) in [5, 5.41) is 0. The molecule has 0 radical (unpaired) electrons. The Morgan fingerprint density at radius 3 is 3.09 bits per heavy atom. The molecule has 0 aliphatic carbocycles. The standard InChI is InChI=1S/C5H7ClO4S/c6-1-3-5-4(2-8-3)9-11(7)10-5/h3-5H,1-2H2. The van der Waals surface area contributed by atoms with Crippen molar-refractivity contribution in [3.8, 4) is 0 Å². The Balaban J connectivity index is 2.07. The highest BCUT2D eigenvalue weighted by molar-refractivity contribution is 7.75. The molecule has 4 atom stereocenters. The Hall–Kier alpha value is 0.320. The summed E-state index contributed by atoms with van der Waals surface area (Å²) in [5.41, 5.74) is 0. The molecule has 4 unspecified atom stereocenters. The van der Waals surface area contributed by atoms with Gasteiger partial charge in [-0.1, -0.05) is 0 Å². The highest BCUT2D eigenvalue weighted by Crippen LogP contribution is 2.28. The lowest BCUT2D eigenvalue weighted by molar-refractivity contribution is 0.0743. The fourth-order valence-corrected chi connectivity index (χ4v) is 2.31. The van der Waals surface area contributed by atoms with Gasteiger partial charge in [-0.25, -0.2) is 0 Å². The van der Waals surface area contributed by atoms with Gasteiger partial charge < -0.3 is 4.74 Å². The Bertz CT molecular complexity index is 187. The first-order valence-corrected chi connectivity index (χ1v) is 4.78. The molecule has 0 aromatic rings. The van der Waals surface area contributed by atoms with Gasteiger partial charge in [-0.2, -0.15) is 4.21 Å². The molecule has 4 nitrogen and oxygen atoms in total. The van der Waals surface area contributed by atoms with Crippen molar-refractivity contribution in [3.05, 3.63) is 0 Å². The van der Waals surface area contributed by atoms with Gasteiger partial charge in [0.05, 0.1) is 12.5 Å². The monoisotopic (exact) mass is 198 g/mol. The van der Waals surface area contributed by atoms with Gasteiger partial charge in [0.1, 0.15) is 18.3 Å². The number of hydrogen-bond acceptors (Lipinski definition) is 4. The normalized spacial score (nSPS) is 49.5. The van der Waals surface area contributed by atoms with Crippen LogP contribution in [0.5, 0.6) is 0 Å². The first-order chi connectivity index (χ1) is 5.31. The predicted octanol–water partition coefficient (Wildman–Crippen LogP) is -0.0133. The number of ether oxygens (including phenoxy) is 1. The third-order valence-corrected chi connectivity index (χ3v) is 2.84. The first kappa shape index (κ1) is 7.94. The second-order valence-electron chi connectivity index (χ2n) is 2.43. The maximum Gasteiger partial charge on any atom is 0.305 e. The van der Waals surface area contributed by atoms with Crippen molar-refractivity contribution in [2.45, 2.75) is 18.3 Å². The summed E-state index contributed by atoms with van der Waals surface area (Å²) in [7, 11) is 0. The van der Waals surface area contributed by atoms with Crippen LogP contribution in [0.25, 0.3) is 0 Å². The van der Waals surface area contributed by atoms with Crippen molar-refractivity contribution in [2.75, 3.05) is 12.5 Å². The van der Waals surface area contributed by atoms with Crippen LogP contribution in [0.4, 0.5) is 0 Å². The zero-order chi connectivity index (χ0) is 7.84. The van der Waals surface area contributed by atoms with E-state index in [9.17, 15) is 4.21 Å². The molecule has 0 saturated carbocycles. The van der Waals surface area contributed by atoms with E-state index in [1.165, 1.54) is 0 Å². The van der Waals surface area contributed by atoms with Crippen LogP contribution < -0.4 is 0 Å². The first-order valence-electron chi connectivity index (χ1n) is 3.25. The fraction of sp³-hybridized carbons (Fsp3) is 1.00. The van der Waals surface area contributed by atoms with E-state index in [1.54, 1.807) is 0 Å². The summed E-state index contributed by atoms with van der Waals surface area (Å²) in [5.74, 6) is 0.349. The van der Waals surface area contributed by atoms with Crippen molar-refractivity contribution in [2.24, 2.45) is 0 Å². The zero-order valence-electron chi connectivity index (χ0n) is 5.57.